The van der Waals surface area contributed by atoms with Crippen molar-refractivity contribution in [3.63, 3.8) is 0 Å². The summed E-state index contributed by atoms with van der Waals surface area (Å²) in [5.74, 6) is 0.445. The smallest absolute Gasteiger partial charge is 0.325 e. The number of urea groups is 1. The van der Waals surface area contributed by atoms with Gasteiger partial charge in [0.15, 0.2) is 0 Å². The van der Waals surface area contributed by atoms with Gasteiger partial charge >= 0.3 is 6.03 Å². The number of hydrogen-bond donors (Lipinski definition) is 1. The van der Waals surface area contributed by atoms with Gasteiger partial charge in [0.05, 0.1) is 12.8 Å². The van der Waals surface area contributed by atoms with E-state index in [4.69, 9.17) is 4.74 Å². The van der Waals surface area contributed by atoms with Crippen molar-refractivity contribution < 1.29 is 14.3 Å². The zero-order chi connectivity index (χ0) is 18.7. The van der Waals surface area contributed by atoms with Crippen LogP contribution in [0.5, 0.6) is 5.75 Å². The summed E-state index contributed by atoms with van der Waals surface area (Å²) in [7, 11) is 1.58. The van der Waals surface area contributed by atoms with Crippen LogP contribution in [0.15, 0.2) is 42.5 Å². The summed E-state index contributed by atoms with van der Waals surface area (Å²) < 4.78 is 5.34. The van der Waals surface area contributed by atoms with Crippen molar-refractivity contribution >= 4 is 23.3 Å². The summed E-state index contributed by atoms with van der Waals surface area (Å²) in [4.78, 5) is 28.3. The van der Waals surface area contributed by atoms with E-state index in [1.54, 1.807) is 16.9 Å². The predicted molar refractivity (Wildman–Crippen MR) is 102 cm³/mol. The average Bonchev–Trinajstić information content (AvgIpc) is 2.98. The van der Waals surface area contributed by atoms with Crippen LogP contribution < -0.4 is 15.0 Å². The maximum absolute atomic E-state index is 12.7. The highest BCUT2D eigenvalue weighted by Gasteiger charge is 2.32. The van der Waals surface area contributed by atoms with Gasteiger partial charge in [-0.15, -0.1) is 0 Å². The van der Waals surface area contributed by atoms with Gasteiger partial charge in [-0.05, 0) is 37.1 Å². The summed E-state index contributed by atoms with van der Waals surface area (Å²) >= 11 is 0. The van der Waals surface area contributed by atoms with Crippen LogP contribution in [0.25, 0.3) is 0 Å². The molecular weight excluding hydrogens is 330 g/mol. The Morgan fingerprint density at radius 2 is 1.77 bits per heavy atom. The lowest BCUT2D eigenvalue weighted by molar-refractivity contribution is -0.116. The molecule has 0 bridgehead atoms. The molecule has 26 heavy (non-hydrogen) atoms. The molecule has 6 nitrogen and oxygen atoms in total. The van der Waals surface area contributed by atoms with Crippen LogP contribution >= 0.6 is 0 Å². The van der Waals surface area contributed by atoms with Gasteiger partial charge in [-0.3, -0.25) is 9.69 Å². The fourth-order valence-electron chi connectivity index (χ4n) is 3.17. The molecule has 6 heteroatoms. The lowest BCUT2D eigenvalue weighted by Gasteiger charge is -2.20. The highest BCUT2D eigenvalue weighted by molar-refractivity contribution is 6.00. The Bertz CT molecular complexity index is 815. The van der Waals surface area contributed by atoms with Gasteiger partial charge < -0.3 is 15.0 Å². The van der Waals surface area contributed by atoms with Crippen molar-refractivity contribution in [2.24, 2.45) is 0 Å². The first-order valence-electron chi connectivity index (χ1n) is 8.57. The molecule has 2 aromatic rings. The summed E-state index contributed by atoms with van der Waals surface area (Å²) in [6, 6.07) is 13.1. The SMILES string of the molecule is COc1ccccc1N1CCN(CC(=O)Nc2c(C)cccc2C)C1=O. The molecule has 136 valence electrons. The van der Waals surface area contributed by atoms with E-state index in [2.05, 4.69) is 5.32 Å². The second kappa shape index (κ2) is 7.47. The largest absolute Gasteiger partial charge is 0.495 e. The van der Waals surface area contributed by atoms with E-state index in [1.807, 2.05) is 56.3 Å². The number of hydrogen-bond acceptors (Lipinski definition) is 3. The Labute approximate surface area is 153 Å². The number of anilines is 2. The Morgan fingerprint density at radius 3 is 2.46 bits per heavy atom. The number of ether oxygens (including phenoxy) is 1. The minimum Gasteiger partial charge on any atom is -0.495 e. The molecule has 1 saturated heterocycles. The van der Waals surface area contributed by atoms with Crippen LogP contribution in [-0.4, -0.2) is 43.6 Å². The van der Waals surface area contributed by atoms with E-state index in [1.165, 1.54) is 0 Å². The van der Waals surface area contributed by atoms with Crippen molar-refractivity contribution in [1.82, 2.24) is 4.90 Å². The van der Waals surface area contributed by atoms with Gasteiger partial charge in [0.2, 0.25) is 5.91 Å². The molecule has 2 aromatic carbocycles. The summed E-state index contributed by atoms with van der Waals surface area (Å²) in [6.07, 6.45) is 0. The number of nitrogens with one attached hydrogen (secondary N) is 1. The molecule has 1 aliphatic heterocycles. The molecular formula is C20H23N3O3. The normalized spacial score (nSPS) is 13.9. The number of carbonyl (C=O) groups excluding carboxylic acids is 2. The van der Waals surface area contributed by atoms with Crippen LogP contribution in [0.4, 0.5) is 16.2 Å². The number of carbonyl (C=O) groups is 2. The van der Waals surface area contributed by atoms with Crippen molar-refractivity contribution in [1.29, 1.82) is 0 Å². The summed E-state index contributed by atoms with van der Waals surface area (Å²) in [6.45, 7) is 4.95. The van der Waals surface area contributed by atoms with Crippen LogP contribution in [-0.2, 0) is 4.79 Å². The molecule has 0 aromatic heterocycles. The molecule has 0 atom stereocenters. The topological polar surface area (TPSA) is 61.9 Å². The van der Waals surface area contributed by atoms with Gasteiger partial charge in [0.25, 0.3) is 0 Å². The Kier molecular flexibility index (Phi) is 5.11. The lowest BCUT2D eigenvalue weighted by atomic mass is 10.1. The Hall–Kier alpha value is -3.02. The number of benzene rings is 2. The third-order valence-corrected chi connectivity index (χ3v) is 4.55. The molecule has 1 N–H and O–H groups in total. The molecule has 0 spiro atoms. The van der Waals surface area contributed by atoms with Gasteiger partial charge in [-0.25, -0.2) is 4.79 Å². The van der Waals surface area contributed by atoms with E-state index in [0.29, 0.717) is 18.8 Å². The Morgan fingerprint density at radius 1 is 1.08 bits per heavy atom. The summed E-state index contributed by atoms with van der Waals surface area (Å²) in [5, 5.41) is 2.93. The van der Waals surface area contributed by atoms with E-state index in [0.717, 1.165) is 22.5 Å². The van der Waals surface area contributed by atoms with E-state index < -0.39 is 0 Å². The molecule has 3 rings (SSSR count). The first kappa shape index (κ1) is 17.8. The second-order valence-corrected chi connectivity index (χ2v) is 6.34. The van der Waals surface area contributed by atoms with Gasteiger partial charge in [0, 0.05) is 18.8 Å². The number of para-hydroxylation sites is 3. The average molecular weight is 353 g/mol. The van der Waals surface area contributed by atoms with Crippen LogP contribution in [0.2, 0.25) is 0 Å². The zero-order valence-electron chi connectivity index (χ0n) is 15.3. The van der Waals surface area contributed by atoms with Crippen molar-refractivity contribution in [3.05, 3.63) is 53.6 Å². The maximum atomic E-state index is 12.7. The molecule has 0 aliphatic carbocycles. The number of methoxy groups -OCH3 is 1. The number of aryl methyl sites for hydroxylation is 2. The summed E-state index contributed by atoms with van der Waals surface area (Å²) in [5.41, 5.74) is 3.53. The van der Waals surface area contributed by atoms with Crippen molar-refractivity contribution in [2.75, 3.05) is 37.0 Å². The standard InChI is InChI=1S/C20H23N3O3/c1-14-7-6-8-15(2)19(14)21-18(24)13-22-11-12-23(20(22)25)16-9-4-5-10-17(16)26-3/h4-10H,11-13H2,1-3H3,(H,21,24). The van der Waals surface area contributed by atoms with Gasteiger partial charge in [-0.1, -0.05) is 30.3 Å². The Balaban J connectivity index is 1.68. The first-order chi connectivity index (χ1) is 12.5. The zero-order valence-corrected chi connectivity index (χ0v) is 15.3. The molecule has 1 heterocycles. The molecule has 0 saturated carbocycles. The highest BCUT2D eigenvalue weighted by Crippen LogP contribution is 2.30. The molecule has 0 radical (unpaired) electrons. The van der Waals surface area contributed by atoms with Gasteiger partial charge in [-0.2, -0.15) is 0 Å². The van der Waals surface area contributed by atoms with Crippen LogP contribution in [0, 0.1) is 13.8 Å². The highest BCUT2D eigenvalue weighted by atomic mass is 16.5. The first-order valence-corrected chi connectivity index (χ1v) is 8.57. The second-order valence-electron chi connectivity index (χ2n) is 6.34. The maximum Gasteiger partial charge on any atom is 0.325 e. The van der Waals surface area contributed by atoms with E-state index in [9.17, 15) is 9.59 Å². The fraction of sp³-hybridized carbons (Fsp3) is 0.300. The number of amides is 3. The van der Waals surface area contributed by atoms with Crippen LogP contribution in [0.3, 0.4) is 0 Å². The molecule has 1 fully saturated rings. The molecule has 0 unspecified atom stereocenters. The van der Waals surface area contributed by atoms with Crippen molar-refractivity contribution in [3.8, 4) is 5.75 Å². The number of nitrogens with zero attached hydrogens (tertiary/aromatic N) is 2. The molecule has 1 aliphatic rings. The van der Waals surface area contributed by atoms with E-state index in [-0.39, 0.29) is 18.5 Å². The van der Waals surface area contributed by atoms with Gasteiger partial charge in [0.1, 0.15) is 12.3 Å². The fourth-order valence-corrected chi connectivity index (χ4v) is 3.17. The third-order valence-electron chi connectivity index (χ3n) is 4.55. The monoisotopic (exact) mass is 353 g/mol. The van der Waals surface area contributed by atoms with E-state index >= 15 is 0 Å². The van der Waals surface area contributed by atoms with Crippen LogP contribution in [0.1, 0.15) is 11.1 Å². The molecule has 3 amide bonds. The minimum atomic E-state index is -0.197. The third kappa shape index (κ3) is 3.49. The number of rotatable bonds is 5. The predicted octanol–water partition coefficient (Wildman–Crippen LogP) is 3.19. The minimum absolute atomic E-state index is 0.0260. The quantitative estimate of drug-likeness (QED) is 0.898. The lowest BCUT2D eigenvalue weighted by Crippen LogP contribution is -2.37. The van der Waals surface area contributed by atoms with Crippen molar-refractivity contribution in [2.45, 2.75) is 13.8 Å².